The van der Waals surface area contributed by atoms with E-state index in [4.69, 9.17) is 0 Å². The van der Waals surface area contributed by atoms with Gasteiger partial charge in [-0.3, -0.25) is 0 Å². The molecule has 296 valence electrons. The summed E-state index contributed by atoms with van der Waals surface area (Å²) in [6.45, 7) is 0. The van der Waals surface area contributed by atoms with Gasteiger partial charge in [0.1, 0.15) is 0 Å². The van der Waals surface area contributed by atoms with Gasteiger partial charge in [-0.1, -0.05) is 212 Å². The van der Waals surface area contributed by atoms with E-state index in [1.54, 1.807) is 0 Å². The Balaban J connectivity index is 1.08. The summed E-state index contributed by atoms with van der Waals surface area (Å²) in [5.74, 6) is 0. The number of rotatable bonds is 11. The van der Waals surface area contributed by atoms with Gasteiger partial charge in [0.15, 0.2) is 0 Å². The molecule has 0 N–H and O–H groups in total. The fourth-order valence-electron chi connectivity index (χ4n) is 8.81. The molecule has 0 heterocycles. The van der Waals surface area contributed by atoms with Gasteiger partial charge in [0.2, 0.25) is 0 Å². The molecule has 10 rings (SSSR count). The number of benzene rings is 9. The Bertz CT molecular complexity index is 2740. The van der Waals surface area contributed by atoms with E-state index in [0.717, 1.165) is 34.9 Å². The van der Waals surface area contributed by atoms with Gasteiger partial charge in [0.25, 0.3) is 0 Å². The van der Waals surface area contributed by atoms with Gasteiger partial charge in [-0.2, -0.15) is 0 Å². The minimum absolute atomic E-state index is 0.548. The summed E-state index contributed by atoms with van der Waals surface area (Å²) in [5.41, 5.74) is 15.8. The van der Waals surface area contributed by atoms with E-state index in [-0.39, 0.29) is 0 Å². The Hall–Kier alpha value is -7.94. The van der Waals surface area contributed by atoms with Crippen LogP contribution in [-0.4, -0.2) is 0 Å². The van der Waals surface area contributed by atoms with Crippen molar-refractivity contribution in [3.8, 4) is 44.5 Å². The second-order valence-electron chi connectivity index (χ2n) is 15.8. The van der Waals surface area contributed by atoms with Crippen LogP contribution in [-0.2, 0) is 5.54 Å². The maximum atomic E-state index is 2.53. The first-order valence-corrected chi connectivity index (χ1v) is 21.4. The van der Waals surface area contributed by atoms with Crippen LogP contribution in [0.25, 0.3) is 44.5 Å². The van der Waals surface area contributed by atoms with Gasteiger partial charge < -0.3 is 9.80 Å². The zero-order chi connectivity index (χ0) is 41.6. The summed E-state index contributed by atoms with van der Waals surface area (Å²) in [5, 5.41) is 0. The standard InChI is InChI=1S/C60H46N2/c1-6-16-46(17-7-1)50-26-34-55(35-27-50)61(56-36-28-51(29-37-56)47-18-8-2-9-19-47)57-42-44-60(45-43-57,54-24-14-5-15-25-54)62(58-38-30-52(31-39-58)48-20-10-3-11-21-48)59-40-32-53(33-41-59)49-22-12-4-13-23-49/h1-44H,45H2. The lowest BCUT2D eigenvalue weighted by molar-refractivity contribution is 0.544. The molecule has 62 heavy (non-hydrogen) atoms. The molecule has 1 aliphatic carbocycles. The van der Waals surface area contributed by atoms with Crippen molar-refractivity contribution in [2.45, 2.75) is 12.0 Å². The molecule has 9 aromatic rings. The Labute approximate surface area is 365 Å². The summed E-state index contributed by atoms with van der Waals surface area (Å²) in [6, 6.07) is 89.4. The van der Waals surface area contributed by atoms with E-state index in [0.29, 0.717) is 0 Å². The largest absolute Gasteiger partial charge is 0.327 e. The molecule has 0 amide bonds. The minimum atomic E-state index is -0.548. The number of nitrogens with zero attached hydrogens (tertiary/aromatic N) is 2. The minimum Gasteiger partial charge on any atom is -0.327 e. The van der Waals surface area contributed by atoms with Gasteiger partial charge >= 0.3 is 0 Å². The number of anilines is 4. The van der Waals surface area contributed by atoms with Crippen molar-refractivity contribution >= 4 is 22.7 Å². The molecule has 0 spiro atoms. The Morgan fingerprint density at radius 2 is 0.581 bits per heavy atom. The van der Waals surface area contributed by atoms with Crippen molar-refractivity contribution in [3.63, 3.8) is 0 Å². The van der Waals surface area contributed by atoms with Crippen molar-refractivity contribution in [1.29, 1.82) is 0 Å². The van der Waals surface area contributed by atoms with Crippen molar-refractivity contribution < 1.29 is 0 Å². The third kappa shape index (κ3) is 7.78. The third-order valence-corrected chi connectivity index (χ3v) is 12.0. The fraction of sp³-hybridized carbons (Fsp3) is 0.0333. The van der Waals surface area contributed by atoms with E-state index in [2.05, 4.69) is 277 Å². The molecule has 9 aromatic carbocycles. The summed E-state index contributed by atoms with van der Waals surface area (Å²) in [6.07, 6.45) is 7.91. The predicted molar refractivity (Wildman–Crippen MR) is 262 cm³/mol. The molecule has 1 unspecified atom stereocenters. The van der Waals surface area contributed by atoms with Crippen molar-refractivity contribution in [3.05, 3.63) is 278 Å². The van der Waals surface area contributed by atoms with Crippen LogP contribution in [0.3, 0.4) is 0 Å². The van der Waals surface area contributed by atoms with Crippen molar-refractivity contribution in [2.75, 3.05) is 9.80 Å². The van der Waals surface area contributed by atoms with Crippen LogP contribution in [0.1, 0.15) is 12.0 Å². The average Bonchev–Trinajstić information content (AvgIpc) is 3.37. The molecule has 1 aliphatic rings. The molecule has 0 aromatic heterocycles. The van der Waals surface area contributed by atoms with Crippen LogP contribution in [0.15, 0.2) is 273 Å². The first-order chi connectivity index (χ1) is 30.7. The number of hydrogen-bond acceptors (Lipinski definition) is 2. The van der Waals surface area contributed by atoms with E-state index >= 15 is 0 Å². The van der Waals surface area contributed by atoms with E-state index in [1.807, 2.05) is 0 Å². The van der Waals surface area contributed by atoms with Gasteiger partial charge in [0.05, 0.1) is 5.54 Å². The molecule has 0 saturated carbocycles. The summed E-state index contributed by atoms with van der Waals surface area (Å²) < 4.78 is 0. The van der Waals surface area contributed by atoms with Crippen LogP contribution in [0.4, 0.5) is 22.7 Å². The summed E-state index contributed by atoms with van der Waals surface area (Å²) in [7, 11) is 0. The lowest BCUT2D eigenvalue weighted by Crippen LogP contribution is -2.43. The normalized spacial score (nSPS) is 14.5. The Morgan fingerprint density at radius 3 is 0.887 bits per heavy atom. The SMILES string of the molecule is C1=CC(c2ccccc2)(N(c2ccc(-c3ccccc3)cc2)c2ccc(-c3ccccc3)cc2)CC=C1N(c1ccc(-c2ccccc2)cc1)c1ccc(-c2ccccc2)cc1. The van der Waals surface area contributed by atoms with Gasteiger partial charge in [0, 0.05) is 28.4 Å². The zero-order valence-electron chi connectivity index (χ0n) is 34.5. The van der Waals surface area contributed by atoms with Crippen molar-refractivity contribution in [1.82, 2.24) is 0 Å². The number of hydrogen-bond donors (Lipinski definition) is 0. The van der Waals surface area contributed by atoms with E-state index in [1.165, 1.54) is 50.1 Å². The van der Waals surface area contributed by atoms with Crippen LogP contribution >= 0.6 is 0 Å². The molecular formula is C60H46N2. The number of allylic oxidation sites excluding steroid dienone is 1. The zero-order valence-corrected chi connectivity index (χ0v) is 34.5. The molecule has 0 fully saturated rings. The van der Waals surface area contributed by atoms with Crippen LogP contribution in [0.2, 0.25) is 0 Å². The Morgan fingerprint density at radius 1 is 0.290 bits per heavy atom. The van der Waals surface area contributed by atoms with Crippen LogP contribution in [0.5, 0.6) is 0 Å². The molecule has 0 bridgehead atoms. The second-order valence-corrected chi connectivity index (χ2v) is 15.8. The third-order valence-electron chi connectivity index (χ3n) is 12.0. The quantitative estimate of drug-likeness (QED) is 0.129. The highest BCUT2D eigenvalue weighted by Gasteiger charge is 2.39. The molecular weight excluding hydrogens is 749 g/mol. The highest BCUT2D eigenvalue weighted by Crippen LogP contribution is 2.47. The monoisotopic (exact) mass is 794 g/mol. The molecule has 0 saturated heterocycles. The van der Waals surface area contributed by atoms with Gasteiger partial charge in [-0.25, -0.2) is 0 Å². The van der Waals surface area contributed by atoms with Gasteiger partial charge in [-0.15, -0.1) is 0 Å². The van der Waals surface area contributed by atoms with Gasteiger partial charge in [-0.05, 0) is 111 Å². The molecule has 0 aliphatic heterocycles. The predicted octanol–water partition coefficient (Wildman–Crippen LogP) is 16.1. The first-order valence-electron chi connectivity index (χ1n) is 21.4. The first kappa shape index (κ1) is 38.3. The summed E-state index contributed by atoms with van der Waals surface area (Å²) in [4.78, 5) is 4.92. The van der Waals surface area contributed by atoms with E-state index < -0.39 is 5.54 Å². The summed E-state index contributed by atoms with van der Waals surface area (Å²) >= 11 is 0. The molecule has 2 nitrogen and oxygen atoms in total. The fourth-order valence-corrected chi connectivity index (χ4v) is 8.81. The molecule has 2 heteroatoms. The van der Waals surface area contributed by atoms with Crippen LogP contribution in [0, 0.1) is 0 Å². The highest BCUT2D eigenvalue weighted by atomic mass is 15.2. The highest BCUT2D eigenvalue weighted by molar-refractivity contribution is 5.79. The lowest BCUT2D eigenvalue weighted by atomic mass is 9.80. The van der Waals surface area contributed by atoms with Crippen LogP contribution < -0.4 is 9.80 Å². The lowest BCUT2D eigenvalue weighted by Gasteiger charge is -2.46. The topological polar surface area (TPSA) is 6.48 Å². The van der Waals surface area contributed by atoms with Crippen molar-refractivity contribution in [2.24, 2.45) is 0 Å². The maximum Gasteiger partial charge on any atom is 0.0924 e. The Kier molecular flexibility index (Phi) is 10.7. The van der Waals surface area contributed by atoms with E-state index in [9.17, 15) is 0 Å². The second kappa shape index (κ2) is 17.3. The smallest absolute Gasteiger partial charge is 0.0924 e. The molecule has 1 atom stereocenters. The molecule has 0 radical (unpaired) electrons. The average molecular weight is 795 g/mol. The maximum absolute atomic E-state index is 2.53.